The maximum atomic E-state index is 5.43. The van der Waals surface area contributed by atoms with Crippen molar-refractivity contribution in [3.05, 3.63) is 159 Å². The zero-order valence-corrected chi connectivity index (χ0v) is 27.1. The topological polar surface area (TPSA) is 36.4 Å². The molecule has 0 spiro atoms. The van der Waals surface area contributed by atoms with Gasteiger partial charge in [0.2, 0.25) is 0 Å². The first-order valence-corrected chi connectivity index (χ1v) is 16.9. The number of nitrogens with zero attached hydrogens (tertiary/aromatic N) is 1. The van der Waals surface area contributed by atoms with Crippen molar-refractivity contribution < 1.29 is 0 Å². The average molecular weight is 600 g/mol. The number of benzene rings is 4. The van der Waals surface area contributed by atoms with Crippen LogP contribution in [0.5, 0.6) is 0 Å². The molecule has 2 N–H and O–H groups in total. The molecule has 3 heteroatoms. The minimum atomic E-state index is -0.164. The molecule has 0 bridgehead atoms. The molecule has 0 amide bonds. The highest BCUT2D eigenvalue weighted by Gasteiger charge is 2.45. The van der Waals surface area contributed by atoms with Gasteiger partial charge in [-0.15, -0.1) is 0 Å². The summed E-state index contributed by atoms with van der Waals surface area (Å²) in [6, 6.07) is 31.8. The van der Waals surface area contributed by atoms with Gasteiger partial charge in [0, 0.05) is 16.9 Å². The number of hydrogen-bond acceptors (Lipinski definition) is 3. The Morgan fingerprint density at radius 2 is 1.59 bits per heavy atom. The van der Waals surface area contributed by atoms with Crippen LogP contribution in [-0.4, -0.2) is 12.0 Å². The summed E-state index contributed by atoms with van der Waals surface area (Å²) >= 11 is 0. The van der Waals surface area contributed by atoms with E-state index in [9.17, 15) is 0 Å². The van der Waals surface area contributed by atoms with E-state index in [0.29, 0.717) is 11.8 Å². The molecule has 4 aromatic rings. The van der Waals surface area contributed by atoms with E-state index in [1.165, 1.54) is 55.6 Å². The van der Waals surface area contributed by atoms with Crippen molar-refractivity contribution in [3.63, 3.8) is 0 Å². The summed E-state index contributed by atoms with van der Waals surface area (Å²) in [6.07, 6.45) is 13.8. The van der Waals surface area contributed by atoms with Gasteiger partial charge in [0.1, 0.15) is 18.2 Å². The van der Waals surface area contributed by atoms with Gasteiger partial charge < -0.3 is 5.32 Å². The quantitative estimate of drug-likeness (QED) is 0.246. The standard InChI is InChI=1S/C43H41N3/c1-42(2)35-15-9-7-13-31(35)33-21-19-29(24-37(33)42)40-44-39(28-18-17-26-11-5-6-12-27(26)23-28)45-41(46-40)30-20-22-34-32-14-8-10-16-36(32)43(3,4)38(34)25-30/h6-10,12-25,33,37,39-40,44H,5,11H2,1-4H3,(H,45,46). The van der Waals surface area contributed by atoms with Crippen LogP contribution in [0.2, 0.25) is 0 Å². The lowest BCUT2D eigenvalue weighted by Gasteiger charge is -2.36. The van der Waals surface area contributed by atoms with Crippen LogP contribution in [0.3, 0.4) is 0 Å². The summed E-state index contributed by atoms with van der Waals surface area (Å²) in [4.78, 5) is 5.43. The Balaban J connectivity index is 1.13. The van der Waals surface area contributed by atoms with E-state index < -0.39 is 0 Å². The Morgan fingerprint density at radius 3 is 2.48 bits per heavy atom. The number of amidine groups is 1. The summed E-state index contributed by atoms with van der Waals surface area (Å²) in [6.45, 7) is 9.51. The first-order valence-electron chi connectivity index (χ1n) is 16.9. The summed E-state index contributed by atoms with van der Waals surface area (Å²) < 4.78 is 0. The van der Waals surface area contributed by atoms with Crippen LogP contribution < -0.4 is 10.6 Å². The summed E-state index contributed by atoms with van der Waals surface area (Å²) in [5, 5.41) is 7.76. The molecule has 0 fully saturated rings. The molecule has 9 rings (SSSR count). The number of rotatable bonds is 3. The molecule has 228 valence electrons. The van der Waals surface area contributed by atoms with E-state index in [0.717, 1.165) is 24.2 Å². The molecule has 1 heterocycles. The smallest absolute Gasteiger partial charge is 0.131 e. The molecule has 1 aliphatic heterocycles. The Bertz CT molecular complexity index is 2040. The van der Waals surface area contributed by atoms with Crippen molar-refractivity contribution in [2.45, 2.75) is 69.6 Å². The lowest BCUT2D eigenvalue weighted by atomic mass is 9.73. The van der Waals surface area contributed by atoms with Gasteiger partial charge in [0.05, 0.1) is 0 Å². The molecule has 0 radical (unpaired) electrons. The zero-order chi connectivity index (χ0) is 31.2. The molecule has 4 aliphatic carbocycles. The minimum absolute atomic E-state index is 0.0571. The van der Waals surface area contributed by atoms with Gasteiger partial charge in [-0.2, -0.15) is 0 Å². The van der Waals surface area contributed by atoms with Crippen molar-refractivity contribution in [3.8, 4) is 11.1 Å². The number of nitrogens with one attached hydrogen (secondary N) is 2. The SMILES string of the molecule is CC1(C)c2ccccc2-c2ccc(C3=NC(C4=CC5C(C=C4)c4ccccc4C5(C)C)NC(c4ccc5c(c4)C=CCC5)N3)cc21. The Hall–Kier alpha value is -4.47. The number of aryl methyl sites for hydroxylation is 1. The molecule has 0 saturated carbocycles. The minimum Gasteiger partial charge on any atom is -0.350 e. The van der Waals surface area contributed by atoms with Gasteiger partial charge in [-0.3, -0.25) is 5.32 Å². The summed E-state index contributed by atoms with van der Waals surface area (Å²) in [5.41, 5.74) is 14.8. The molecule has 5 aliphatic rings. The largest absolute Gasteiger partial charge is 0.350 e. The van der Waals surface area contributed by atoms with Gasteiger partial charge in [-0.1, -0.05) is 131 Å². The molecule has 4 unspecified atom stereocenters. The predicted octanol–water partition coefficient (Wildman–Crippen LogP) is 9.10. The number of hydrogen-bond donors (Lipinski definition) is 2. The fourth-order valence-corrected chi connectivity index (χ4v) is 8.92. The van der Waals surface area contributed by atoms with Crippen molar-refractivity contribution in [1.82, 2.24) is 10.6 Å². The number of allylic oxidation sites excluding steroid dienone is 3. The molecular weight excluding hydrogens is 558 g/mol. The molecular formula is C43H41N3. The van der Waals surface area contributed by atoms with E-state index in [4.69, 9.17) is 4.99 Å². The number of aliphatic imine (C=N–C) groups is 1. The van der Waals surface area contributed by atoms with Crippen LogP contribution in [0.25, 0.3) is 17.2 Å². The highest BCUT2D eigenvalue weighted by molar-refractivity contribution is 6.01. The van der Waals surface area contributed by atoms with Crippen LogP contribution in [-0.2, 0) is 17.3 Å². The first-order chi connectivity index (χ1) is 22.3. The van der Waals surface area contributed by atoms with E-state index in [1.54, 1.807) is 0 Å². The van der Waals surface area contributed by atoms with Crippen LogP contribution in [0.15, 0.2) is 120 Å². The highest BCUT2D eigenvalue weighted by Crippen LogP contribution is 2.54. The van der Waals surface area contributed by atoms with Crippen molar-refractivity contribution in [2.75, 3.05) is 0 Å². The maximum Gasteiger partial charge on any atom is 0.131 e. The molecule has 3 nitrogen and oxygen atoms in total. The van der Waals surface area contributed by atoms with E-state index in [1.807, 2.05) is 0 Å². The van der Waals surface area contributed by atoms with Gasteiger partial charge >= 0.3 is 0 Å². The van der Waals surface area contributed by atoms with Gasteiger partial charge in [-0.25, -0.2) is 4.99 Å². The Morgan fingerprint density at radius 1 is 0.783 bits per heavy atom. The first kappa shape index (κ1) is 27.8. The van der Waals surface area contributed by atoms with Crippen LogP contribution >= 0.6 is 0 Å². The zero-order valence-electron chi connectivity index (χ0n) is 27.1. The third-order valence-electron chi connectivity index (χ3n) is 11.5. The monoisotopic (exact) mass is 599 g/mol. The third-order valence-corrected chi connectivity index (χ3v) is 11.5. The normalized spacial score (nSPS) is 25.7. The van der Waals surface area contributed by atoms with Crippen molar-refractivity contribution >= 4 is 11.9 Å². The van der Waals surface area contributed by atoms with Gasteiger partial charge in [0.15, 0.2) is 0 Å². The molecule has 4 atom stereocenters. The van der Waals surface area contributed by atoms with Gasteiger partial charge in [-0.05, 0) is 92.0 Å². The second-order valence-electron chi connectivity index (χ2n) is 14.8. The van der Waals surface area contributed by atoms with Crippen LogP contribution in [0.1, 0.15) is 90.7 Å². The van der Waals surface area contributed by atoms with Crippen molar-refractivity contribution in [1.29, 1.82) is 0 Å². The van der Waals surface area contributed by atoms with Gasteiger partial charge in [0.25, 0.3) is 0 Å². The summed E-state index contributed by atoms with van der Waals surface area (Å²) in [7, 11) is 0. The Kier molecular flexibility index (Phi) is 6.05. The molecule has 0 saturated heterocycles. The highest BCUT2D eigenvalue weighted by atomic mass is 15.3. The molecule has 46 heavy (non-hydrogen) atoms. The summed E-state index contributed by atoms with van der Waals surface area (Å²) in [5.74, 6) is 1.75. The third kappa shape index (κ3) is 4.11. The van der Waals surface area contributed by atoms with Crippen molar-refractivity contribution in [2.24, 2.45) is 10.9 Å². The maximum absolute atomic E-state index is 5.43. The Labute approximate surface area is 272 Å². The lowest BCUT2D eigenvalue weighted by Crippen LogP contribution is -2.49. The second kappa shape index (κ2) is 10.0. The van der Waals surface area contributed by atoms with E-state index in [2.05, 4.69) is 154 Å². The molecule has 0 aromatic heterocycles. The van der Waals surface area contributed by atoms with E-state index in [-0.39, 0.29) is 23.2 Å². The molecule has 4 aromatic carbocycles. The average Bonchev–Trinajstić information content (AvgIpc) is 3.47. The fourth-order valence-electron chi connectivity index (χ4n) is 8.92. The van der Waals surface area contributed by atoms with Crippen LogP contribution in [0.4, 0.5) is 0 Å². The predicted molar refractivity (Wildman–Crippen MR) is 190 cm³/mol. The lowest BCUT2D eigenvalue weighted by molar-refractivity contribution is 0.383. The number of fused-ring (bicyclic) bond motifs is 7. The van der Waals surface area contributed by atoms with E-state index >= 15 is 0 Å². The van der Waals surface area contributed by atoms with Crippen LogP contribution in [0, 0.1) is 5.92 Å². The second-order valence-corrected chi connectivity index (χ2v) is 14.8. The fraction of sp³-hybridized carbons (Fsp3) is 0.279.